The van der Waals surface area contributed by atoms with Gasteiger partial charge in [0.1, 0.15) is 10.4 Å². The van der Waals surface area contributed by atoms with Gasteiger partial charge in [-0.2, -0.15) is 5.10 Å². The maximum absolute atomic E-state index is 12.1. The Bertz CT molecular complexity index is 602. The van der Waals surface area contributed by atoms with Crippen molar-refractivity contribution in [3.63, 3.8) is 0 Å². The number of nitrogens with two attached hydrogens (primary N) is 1. The molecule has 0 aliphatic rings. The number of H-pyrrole nitrogens is 1. The van der Waals surface area contributed by atoms with Crippen LogP contribution in [0.25, 0.3) is 0 Å². The van der Waals surface area contributed by atoms with Crippen LogP contribution in [0.5, 0.6) is 0 Å². The fourth-order valence-electron chi connectivity index (χ4n) is 1.35. The summed E-state index contributed by atoms with van der Waals surface area (Å²) in [5.41, 5.74) is 7.59. The topological polar surface area (TPSA) is 127 Å². The molecule has 0 aliphatic heterocycles. The zero-order chi connectivity index (χ0) is 12.5. The Kier molecular flexibility index (Phi) is 3.09. The fourth-order valence-corrected chi connectivity index (χ4v) is 3.42. The number of sulfonamides is 1. The third-order valence-corrected chi connectivity index (χ3v) is 4.28. The maximum Gasteiger partial charge on any atom is 0.267 e. The van der Waals surface area contributed by atoms with Crippen molar-refractivity contribution in [3.8, 4) is 0 Å². The van der Waals surface area contributed by atoms with Crippen molar-refractivity contribution >= 4 is 26.5 Å². The molecule has 2 aromatic rings. The monoisotopic (exact) mass is 274 g/mol. The molecule has 8 nitrogen and oxygen atoms in total. The zero-order valence-electron chi connectivity index (χ0n) is 8.84. The number of nitrogens with one attached hydrogen (secondary N) is 2. The first kappa shape index (κ1) is 12.0. The number of nitrogens with zero attached hydrogens (tertiary/aromatic N) is 3. The van der Waals surface area contributed by atoms with Crippen LogP contribution in [0.3, 0.4) is 0 Å². The average molecular weight is 274 g/mol. The molecule has 0 atom stereocenters. The average Bonchev–Trinajstić information content (AvgIpc) is 2.86. The van der Waals surface area contributed by atoms with Gasteiger partial charge in [0.15, 0.2) is 0 Å². The van der Waals surface area contributed by atoms with Gasteiger partial charge >= 0.3 is 0 Å². The number of rotatable bonds is 4. The number of aromatic nitrogens is 4. The Hall–Kier alpha value is -1.52. The lowest BCUT2D eigenvalue weighted by atomic mass is 10.4. The van der Waals surface area contributed by atoms with Crippen LogP contribution >= 0.6 is 11.3 Å². The predicted molar refractivity (Wildman–Crippen MR) is 61.9 cm³/mol. The molecular weight excluding hydrogens is 264 g/mol. The molecular formula is C7H10N6O2S2. The maximum atomic E-state index is 12.1. The van der Waals surface area contributed by atoms with E-state index in [1.165, 1.54) is 5.51 Å². The molecule has 17 heavy (non-hydrogen) atoms. The SMILES string of the molecule is Cc1[nH]nc(CN)c1S(=O)(=O)Nc1nncs1. The summed E-state index contributed by atoms with van der Waals surface area (Å²) in [7, 11) is -3.73. The molecule has 0 fully saturated rings. The number of anilines is 1. The molecule has 0 saturated carbocycles. The van der Waals surface area contributed by atoms with Crippen LogP contribution in [0.1, 0.15) is 11.4 Å². The number of aromatic amines is 1. The molecule has 10 heteroatoms. The van der Waals surface area contributed by atoms with Gasteiger partial charge in [0.25, 0.3) is 10.0 Å². The largest absolute Gasteiger partial charge is 0.325 e. The zero-order valence-corrected chi connectivity index (χ0v) is 10.5. The molecule has 2 aromatic heterocycles. The molecule has 0 amide bonds. The van der Waals surface area contributed by atoms with E-state index in [1.807, 2.05) is 0 Å². The second-order valence-corrected chi connectivity index (χ2v) is 5.63. The second-order valence-electron chi connectivity index (χ2n) is 3.18. The molecule has 92 valence electrons. The smallest absolute Gasteiger partial charge is 0.267 e. The number of aryl methyl sites for hydroxylation is 1. The number of hydrogen-bond donors (Lipinski definition) is 3. The van der Waals surface area contributed by atoms with Crippen molar-refractivity contribution in [1.82, 2.24) is 20.4 Å². The van der Waals surface area contributed by atoms with Crippen molar-refractivity contribution in [3.05, 3.63) is 16.9 Å². The summed E-state index contributed by atoms with van der Waals surface area (Å²) < 4.78 is 26.5. The Balaban J connectivity index is 2.41. The van der Waals surface area contributed by atoms with Gasteiger partial charge in [-0.1, -0.05) is 11.3 Å². The van der Waals surface area contributed by atoms with Gasteiger partial charge in [0, 0.05) is 6.54 Å². The van der Waals surface area contributed by atoms with E-state index in [9.17, 15) is 8.42 Å². The van der Waals surface area contributed by atoms with Gasteiger partial charge in [-0.15, -0.1) is 10.2 Å². The quantitative estimate of drug-likeness (QED) is 0.710. The van der Waals surface area contributed by atoms with Crippen LogP contribution in [0.2, 0.25) is 0 Å². The van der Waals surface area contributed by atoms with Crippen LogP contribution in [0.15, 0.2) is 10.4 Å². The molecule has 4 N–H and O–H groups in total. The van der Waals surface area contributed by atoms with E-state index in [-0.39, 0.29) is 16.6 Å². The van der Waals surface area contributed by atoms with Gasteiger partial charge in [-0.05, 0) is 6.92 Å². The van der Waals surface area contributed by atoms with E-state index in [0.717, 1.165) is 11.3 Å². The van der Waals surface area contributed by atoms with Crippen molar-refractivity contribution < 1.29 is 8.42 Å². The molecule has 0 aromatic carbocycles. The normalized spacial score (nSPS) is 11.6. The lowest BCUT2D eigenvalue weighted by Gasteiger charge is -2.04. The van der Waals surface area contributed by atoms with Crippen molar-refractivity contribution in [2.24, 2.45) is 5.73 Å². The molecule has 0 radical (unpaired) electrons. The highest BCUT2D eigenvalue weighted by molar-refractivity contribution is 7.93. The summed E-state index contributed by atoms with van der Waals surface area (Å²) in [4.78, 5) is 0.0650. The van der Waals surface area contributed by atoms with E-state index in [2.05, 4.69) is 25.1 Å². The lowest BCUT2D eigenvalue weighted by Crippen LogP contribution is -2.16. The third-order valence-electron chi connectivity index (χ3n) is 2.01. The highest BCUT2D eigenvalue weighted by Crippen LogP contribution is 2.21. The lowest BCUT2D eigenvalue weighted by molar-refractivity contribution is 0.599. The summed E-state index contributed by atoms with van der Waals surface area (Å²) in [5, 5.41) is 13.8. The predicted octanol–water partition coefficient (Wildman–Crippen LogP) is -0.171. The Morgan fingerprint density at radius 3 is 2.94 bits per heavy atom. The molecule has 2 heterocycles. The highest BCUT2D eigenvalue weighted by atomic mass is 32.2. The van der Waals surface area contributed by atoms with E-state index >= 15 is 0 Å². The minimum atomic E-state index is -3.73. The van der Waals surface area contributed by atoms with E-state index < -0.39 is 10.0 Å². The summed E-state index contributed by atoms with van der Waals surface area (Å²) in [6.07, 6.45) is 0. The van der Waals surface area contributed by atoms with Gasteiger partial charge in [0.05, 0.1) is 11.4 Å². The Labute approximate surface area is 101 Å². The van der Waals surface area contributed by atoms with Crippen molar-refractivity contribution in [2.75, 3.05) is 4.72 Å². The standard InChI is InChI=1S/C7H10N6O2S2/c1-4-6(5(2-8)11-10-4)17(14,15)13-7-12-9-3-16-7/h3H,2,8H2,1H3,(H,10,11)(H,12,13). The molecule has 0 aliphatic carbocycles. The minimum absolute atomic E-state index is 0.0384. The highest BCUT2D eigenvalue weighted by Gasteiger charge is 2.24. The van der Waals surface area contributed by atoms with E-state index in [1.54, 1.807) is 6.92 Å². The Morgan fingerprint density at radius 1 is 1.59 bits per heavy atom. The molecule has 0 saturated heterocycles. The summed E-state index contributed by atoms with van der Waals surface area (Å²) in [5.74, 6) is 0. The molecule has 0 spiro atoms. The van der Waals surface area contributed by atoms with E-state index in [0.29, 0.717) is 11.4 Å². The first-order valence-electron chi connectivity index (χ1n) is 4.57. The minimum Gasteiger partial charge on any atom is -0.325 e. The van der Waals surface area contributed by atoms with Gasteiger partial charge in [0.2, 0.25) is 5.13 Å². The van der Waals surface area contributed by atoms with Crippen LogP contribution in [-0.4, -0.2) is 28.8 Å². The summed E-state index contributed by atoms with van der Waals surface area (Å²) >= 11 is 1.09. The first-order valence-corrected chi connectivity index (χ1v) is 6.94. The van der Waals surface area contributed by atoms with Crippen LogP contribution < -0.4 is 10.5 Å². The molecule has 0 bridgehead atoms. The first-order chi connectivity index (χ1) is 8.04. The van der Waals surface area contributed by atoms with Gasteiger partial charge < -0.3 is 5.73 Å². The summed E-state index contributed by atoms with van der Waals surface area (Å²) in [6.45, 7) is 1.65. The Morgan fingerprint density at radius 2 is 2.35 bits per heavy atom. The van der Waals surface area contributed by atoms with Crippen LogP contribution in [-0.2, 0) is 16.6 Å². The molecule has 2 rings (SSSR count). The molecule has 0 unspecified atom stereocenters. The number of hydrogen-bond acceptors (Lipinski definition) is 7. The van der Waals surface area contributed by atoms with Gasteiger partial charge in [-0.3, -0.25) is 9.82 Å². The van der Waals surface area contributed by atoms with E-state index in [4.69, 9.17) is 5.73 Å². The second kappa shape index (κ2) is 4.39. The third kappa shape index (κ3) is 2.28. The van der Waals surface area contributed by atoms with Crippen LogP contribution in [0, 0.1) is 6.92 Å². The van der Waals surface area contributed by atoms with Crippen molar-refractivity contribution in [2.45, 2.75) is 18.4 Å². The van der Waals surface area contributed by atoms with Crippen LogP contribution in [0.4, 0.5) is 5.13 Å². The summed E-state index contributed by atoms with van der Waals surface area (Å²) in [6, 6.07) is 0. The van der Waals surface area contributed by atoms with Gasteiger partial charge in [-0.25, -0.2) is 8.42 Å². The fraction of sp³-hybridized carbons (Fsp3) is 0.286. The van der Waals surface area contributed by atoms with Crippen molar-refractivity contribution in [1.29, 1.82) is 0 Å².